The van der Waals surface area contributed by atoms with E-state index in [9.17, 15) is 0 Å². The van der Waals surface area contributed by atoms with E-state index >= 15 is 0 Å². The van der Waals surface area contributed by atoms with Gasteiger partial charge in [-0.15, -0.1) is 0 Å². The first-order valence-electron chi connectivity index (χ1n) is 5.52. The molecule has 3 rings (SSSR count). The van der Waals surface area contributed by atoms with Crippen molar-refractivity contribution in [2.45, 2.75) is 0 Å². The third kappa shape index (κ3) is 1.77. The van der Waals surface area contributed by atoms with E-state index in [1.807, 2.05) is 24.3 Å². The molecule has 19 heavy (non-hydrogen) atoms. The van der Waals surface area contributed by atoms with Crippen LogP contribution < -0.4 is 5.73 Å². The van der Waals surface area contributed by atoms with Crippen molar-refractivity contribution in [3.05, 3.63) is 48.8 Å². The van der Waals surface area contributed by atoms with Gasteiger partial charge in [0, 0.05) is 17.8 Å². The van der Waals surface area contributed by atoms with Crippen LogP contribution in [0.25, 0.3) is 16.7 Å². The zero-order valence-corrected chi connectivity index (χ0v) is 9.80. The summed E-state index contributed by atoms with van der Waals surface area (Å²) in [5.41, 5.74) is 6.41. The van der Waals surface area contributed by atoms with E-state index in [1.54, 1.807) is 17.0 Å². The van der Waals surface area contributed by atoms with E-state index in [1.165, 1.54) is 6.33 Å². The van der Waals surface area contributed by atoms with Crippen LogP contribution in [-0.2, 0) is 0 Å². The summed E-state index contributed by atoms with van der Waals surface area (Å²) < 4.78 is 1.65. The first-order valence-corrected chi connectivity index (χ1v) is 5.52. The predicted octanol–water partition coefficient (Wildman–Crippen LogP) is 0.910. The Labute approximate surface area is 108 Å². The molecular weight excluding hydrogens is 244 g/mol. The molecule has 7 nitrogen and oxygen atoms in total. The Bertz CT molecular complexity index is 758. The van der Waals surface area contributed by atoms with Gasteiger partial charge in [0.25, 0.3) is 0 Å². The van der Waals surface area contributed by atoms with E-state index in [2.05, 4.69) is 20.1 Å². The van der Waals surface area contributed by atoms with Crippen LogP contribution in [0.1, 0.15) is 5.82 Å². The summed E-state index contributed by atoms with van der Waals surface area (Å²) in [5.74, 6) is 0.878. The first kappa shape index (κ1) is 11.1. The monoisotopic (exact) mass is 254 g/mol. The highest BCUT2D eigenvalue weighted by molar-refractivity contribution is 5.95. The highest BCUT2D eigenvalue weighted by Gasteiger charge is 2.12. The molecule has 7 heteroatoms. The molecule has 0 bridgehead atoms. The summed E-state index contributed by atoms with van der Waals surface area (Å²) >= 11 is 0. The van der Waals surface area contributed by atoms with Crippen LogP contribution in [0.15, 0.2) is 48.1 Å². The summed E-state index contributed by atoms with van der Waals surface area (Å²) in [6.07, 6.45) is 4.72. The largest absolute Gasteiger partial charge is 0.409 e. The van der Waals surface area contributed by atoms with Crippen LogP contribution in [0.5, 0.6) is 0 Å². The van der Waals surface area contributed by atoms with Crippen molar-refractivity contribution in [2.75, 3.05) is 0 Å². The lowest BCUT2D eigenvalue weighted by molar-refractivity contribution is 0.318. The normalized spacial score (nSPS) is 11.9. The Morgan fingerprint density at radius 2 is 2.05 bits per heavy atom. The molecule has 2 heterocycles. The molecule has 0 fully saturated rings. The summed E-state index contributed by atoms with van der Waals surface area (Å²) in [6, 6.07) is 7.59. The van der Waals surface area contributed by atoms with Crippen LogP contribution in [0.2, 0.25) is 0 Å². The van der Waals surface area contributed by atoms with Crippen LogP contribution in [-0.4, -0.2) is 30.6 Å². The molecule has 0 atom stereocenters. The second kappa shape index (κ2) is 4.37. The van der Waals surface area contributed by atoms with Gasteiger partial charge in [-0.05, 0) is 12.1 Å². The summed E-state index contributed by atoms with van der Waals surface area (Å²) in [7, 11) is 0. The molecular formula is C12H10N6O. The maximum atomic E-state index is 8.77. The van der Waals surface area contributed by atoms with Crippen LogP contribution in [0, 0.1) is 0 Å². The topological polar surface area (TPSA) is 102 Å². The number of fused-ring (bicyclic) bond motifs is 1. The molecule has 1 aromatic carbocycles. The molecule has 0 saturated carbocycles. The van der Waals surface area contributed by atoms with Gasteiger partial charge < -0.3 is 10.9 Å². The first-order chi connectivity index (χ1) is 9.31. The maximum Gasteiger partial charge on any atom is 0.206 e. The Kier molecular flexibility index (Phi) is 2.57. The van der Waals surface area contributed by atoms with Gasteiger partial charge in [0.15, 0.2) is 5.82 Å². The average molecular weight is 254 g/mol. The summed E-state index contributed by atoms with van der Waals surface area (Å²) in [4.78, 5) is 12.5. The minimum absolute atomic E-state index is 0.0762. The van der Waals surface area contributed by atoms with E-state index in [4.69, 9.17) is 10.9 Å². The number of oxime groups is 1. The fourth-order valence-corrected chi connectivity index (χ4v) is 1.89. The van der Waals surface area contributed by atoms with Gasteiger partial charge in [-0.1, -0.05) is 17.3 Å². The van der Waals surface area contributed by atoms with Gasteiger partial charge in [0.1, 0.15) is 12.1 Å². The number of hydrogen-bond donors (Lipinski definition) is 2. The Morgan fingerprint density at radius 1 is 1.21 bits per heavy atom. The second-order valence-corrected chi connectivity index (χ2v) is 3.82. The van der Waals surface area contributed by atoms with Gasteiger partial charge >= 0.3 is 0 Å². The van der Waals surface area contributed by atoms with Crippen molar-refractivity contribution in [2.24, 2.45) is 10.9 Å². The molecule has 0 saturated heterocycles. The van der Waals surface area contributed by atoms with Gasteiger partial charge in [-0.25, -0.2) is 15.0 Å². The summed E-state index contributed by atoms with van der Waals surface area (Å²) in [5, 5.41) is 12.6. The smallest absolute Gasteiger partial charge is 0.206 e. The highest BCUT2D eigenvalue weighted by atomic mass is 16.4. The van der Waals surface area contributed by atoms with Gasteiger partial charge in [0.2, 0.25) is 5.84 Å². The Balaban J connectivity index is 2.29. The fraction of sp³-hybridized carbons (Fsp3) is 0. The molecule has 0 aliphatic carbocycles. The van der Waals surface area contributed by atoms with E-state index in [-0.39, 0.29) is 5.84 Å². The van der Waals surface area contributed by atoms with Gasteiger partial charge in [-0.2, -0.15) is 0 Å². The number of nitrogens with two attached hydrogens (primary N) is 1. The lowest BCUT2D eigenvalue weighted by Crippen LogP contribution is -2.19. The van der Waals surface area contributed by atoms with Crippen molar-refractivity contribution in [3.63, 3.8) is 0 Å². The molecule has 2 aromatic heterocycles. The average Bonchev–Trinajstić information content (AvgIpc) is 2.95. The lowest BCUT2D eigenvalue weighted by Gasteiger charge is -2.08. The summed E-state index contributed by atoms with van der Waals surface area (Å²) in [6.45, 7) is 0. The number of imidazole rings is 1. The van der Waals surface area contributed by atoms with Crippen LogP contribution in [0.3, 0.4) is 0 Å². The van der Waals surface area contributed by atoms with E-state index in [0.717, 1.165) is 10.9 Å². The number of nitrogens with zero attached hydrogens (tertiary/aromatic N) is 5. The number of amidine groups is 1. The molecule has 3 aromatic rings. The van der Waals surface area contributed by atoms with Crippen LogP contribution in [0.4, 0.5) is 0 Å². The third-order valence-corrected chi connectivity index (χ3v) is 2.73. The van der Waals surface area contributed by atoms with Crippen molar-refractivity contribution in [1.29, 1.82) is 0 Å². The molecule has 0 amide bonds. The minimum Gasteiger partial charge on any atom is -0.409 e. The zero-order valence-electron chi connectivity index (χ0n) is 9.80. The number of para-hydroxylation sites is 1. The molecule has 94 valence electrons. The van der Waals surface area contributed by atoms with Gasteiger partial charge in [-0.3, -0.25) is 4.57 Å². The highest BCUT2D eigenvalue weighted by Crippen LogP contribution is 2.18. The Hall–Kier alpha value is -2.96. The third-order valence-electron chi connectivity index (χ3n) is 2.73. The standard InChI is InChI=1S/C12H10N6O/c13-10(17-19)12-14-5-6-18(12)11-8-3-1-2-4-9(8)15-7-16-11/h1-7,19H,(H2,13,17). The fourth-order valence-electron chi connectivity index (χ4n) is 1.89. The van der Waals surface area contributed by atoms with E-state index in [0.29, 0.717) is 11.6 Å². The molecule has 0 unspecified atom stereocenters. The predicted molar refractivity (Wildman–Crippen MR) is 69.2 cm³/mol. The molecule has 0 radical (unpaired) electrons. The number of rotatable bonds is 2. The zero-order chi connectivity index (χ0) is 13.2. The molecule has 0 aliphatic rings. The maximum absolute atomic E-state index is 8.77. The quantitative estimate of drug-likeness (QED) is 0.306. The van der Waals surface area contributed by atoms with Crippen molar-refractivity contribution in [1.82, 2.24) is 19.5 Å². The van der Waals surface area contributed by atoms with Gasteiger partial charge in [0.05, 0.1) is 5.52 Å². The van der Waals surface area contributed by atoms with E-state index < -0.39 is 0 Å². The lowest BCUT2D eigenvalue weighted by atomic mass is 10.2. The number of benzene rings is 1. The molecule has 3 N–H and O–H groups in total. The van der Waals surface area contributed by atoms with Crippen molar-refractivity contribution < 1.29 is 5.21 Å². The van der Waals surface area contributed by atoms with Crippen molar-refractivity contribution >= 4 is 16.7 Å². The second-order valence-electron chi connectivity index (χ2n) is 3.82. The number of hydrogen-bond acceptors (Lipinski definition) is 5. The molecule has 0 spiro atoms. The number of aromatic nitrogens is 4. The van der Waals surface area contributed by atoms with Crippen molar-refractivity contribution in [3.8, 4) is 5.82 Å². The minimum atomic E-state index is -0.0762. The SMILES string of the molecule is NC(=NO)c1nccn1-c1ncnc2ccccc12. The molecule has 0 aliphatic heterocycles. The van der Waals surface area contributed by atoms with Crippen LogP contribution >= 0.6 is 0 Å². The Morgan fingerprint density at radius 3 is 2.89 bits per heavy atom.